The lowest BCUT2D eigenvalue weighted by atomic mass is 9.94. The van der Waals surface area contributed by atoms with Gasteiger partial charge in [-0.25, -0.2) is 0 Å². The minimum absolute atomic E-state index is 0.0922. The molecule has 0 bridgehead atoms. The van der Waals surface area contributed by atoms with Gasteiger partial charge in [0.2, 0.25) is 11.8 Å². The number of rotatable bonds is 2. The number of carbonyl (C=O) groups is 2. The normalized spacial score (nSPS) is 17.9. The van der Waals surface area contributed by atoms with Crippen LogP contribution in [0.4, 0.5) is 0 Å². The molecule has 0 aliphatic carbocycles. The summed E-state index contributed by atoms with van der Waals surface area (Å²) in [6, 6.07) is 5.72. The summed E-state index contributed by atoms with van der Waals surface area (Å²) in [4.78, 5) is 29.0. The lowest BCUT2D eigenvalue weighted by Crippen LogP contribution is -2.42. The smallest absolute Gasteiger partial charge is 0.228 e. The zero-order chi connectivity index (χ0) is 19.4. The van der Waals surface area contributed by atoms with E-state index < -0.39 is 0 Å². The Morgan fingerprint density at radius 3 is 2.33 bits per heavy atom. The Bertz CT molecular complexity index is 696. The van der Waals surface area contributed by atoms with Crippen molar-refractivity contribution in [3.05, 3.63) is 23.8 Å². The molecule has 3 rings (SSSR count). The van der Waals surface area contributed by atoms with E-state index in [0.29, 0.717) is 45.8 Å². The number of carbonyl (C=O) groups excluding carboxylic acids is 2. The third kappa shape index (κ3) is 4.93. The average Bonchev–Trinajstić information content (AvgIpc) is 3.00. The van der Waals surface area contributed by atoms with Crippen LogP contribution in [-0.2, 0) is 16.0 Å². The summed E-state index contributed by atoms with van der Waals surface area (Å²) < 4.78 is 11.4. The van der Waals surface area contributed by atoms with Crippen LogP contribution in [-0.4, -0.2) is 61.0 Å². The lowest BCUT2D eigenvalue weighted by molar-refractivity contribution is -0.139. The summed E-state index contributed by atoms with van der Waals surface area (Å²) in [7, 11) is 0. The van der Waals surface area contributed by atoms with Gasteiger partial charge in [-0.3, -0.25) is 9.59 Å². The van der Waals surface area contributed by atoms with Crippen molar-refractivity contribution in [2.24, 2.45) is 5.41 Å². The fourth-order valence-corrected chi connectivity index (χ4v) is 3.45. The van der Waals surface area contributed by atoms with Crippen molar-refractivity contribution in [2.45, 2.75) is 40.0 Å². The average molecular weight is 374 g/mol. The lowest BCUT2D eigenvalue weighted by Gasteiger charge is -2.28. The molecule has 0 unspecified atom stereocenters. The highest BCUT2D eigenvalue weighted by Crippen LogP contribution is 2.30. The molecule has 2 aliphatic heterocycles. The molecule has 6 nitrogen and oxygen atoms in total. The van der Waals surface area contributed by atoms with Gasteiger partial charge < -0.3 is 19.3 Å². The van der Waals surface area contributed by atoms with Crippen molar-refractivity contribution < 1.29 is 19.1 Å². The Morgan fingerprint density at radius 2 is 1.59 bits per heavy atom. The summed E-state index contributed by atoms with van der Waals surface area (Å²) in [5.74, 6) is 1.71. The zero-order valence-electron chi connectivity index (χ0n) is 16.6. The number of fused-ring (bicyclic) bond motifs is 1. The maximum absolute atomic E-state index is 12.8. The van der Waals surface area contributed by atoms with Crippen LogP contribution in [0, 0.1) is 5.41 Å². The predicted molar refractivity (Wildman–Crippen MR) is 103 cm³/mol. The molecule has 2 aliphatic rings. The molecule has 0 N–H and O–H groups in total. The second-order valence-electron chi connectivity index (χ2n) is 8.28. The van der Waals surface area contributed by atoms with Crippen LogP contribution < -0.4 is 9.47 Å². The van der Waals surface area contributed by atoms with E-state index in [2.05, 4.69) is 0 Å². The minimum Gasteiger partial charge on any atom is -0.490 e. The van der Waals surface area contributed by atoms with Crippen molar-refractivity contribution in [3.63, 3.8) is 0 Å². The van der Waals surface area contributed by atoms with Crippen molar-refractivity contribution in [1.29, 1.82) is 0 Å². The van der Waals surface area contributed by atoms with E-state index in [9.17, 15) is 9.59 Å². The molecule has 0 aromatic heterocycles. The fourth-order valence-electron chi connectivity index (χ4n) is 3.45. The van der Waals surface area contributed by atoms with E-state index >= 15 is 0 Å². The first-order valence-electron chi connectivity index (χ1n) is 9.80. The molecule has 0 spiro atoms. The molecule has 2 amide bonds. The zero-order valence-corrected chi connectivity index (χ0v) is 16.6. The van der Waals surface area contributed by atoms with E-state index in [4.69, 9.17) is 9.47 Å². The first-order valence-corrected chi connectivity index (χ1v) is 9.80. The summed E-state index contributed by atoms with van der Waals surface area (Å²) >= 11 is 0. The molecular weight excluding hydrogens is 344 g/mol. The third-order valence-corrected chi connectivity index (χ3v) is 4.94. The van der Waals surface area contributed by atoms with Gasteiger partial charge in [-0.05, 0) is 24.1 Å². The summed E-state index contributed by atoms with van der Waals surface area (Å²) in [5.41, 5.74) is 0.541. The molecule has 148 valence electrons. The van der Waals surface area contributed by atoms with Gasteiger partial charge in [-0.2, -0.15) is 0 Å². The summed E-state index contributed by atoms with van der Waals surface area (Å²) in [6.07, 6.45) is 2.01. The van der Waals surface area contributed by atoms with Gasteiger partial charge >= 0.3 is 0 Å². The SMILES string of the molecule is CC(C)(C)C(=O)N1CCCN(C(=O)Cc2ccc3c(c2)OCCCO3)CC1. The van der Waals surface area contributed by atoms with Crippen molar-refractivity contribution in [2.75, 3.05) is 39.4 Å². The molecule has 1 saturated heterocycles. The van der Waals surface area contributed by atoms with Gasteiger partial charge in [-0.1, -0.05) is 26.8 Å². The summed E-state index contributed by atoms with van der Waals surface area (Å²) in [5, 5.41) is 0. The van der Waals surface area contributed by atoms with Gasteiger partial charge in [0.25, 0.3) is 0 Å². The molecule has 0 saturated carbocycles. The molecule has 1 fully saturated rings. The summed E-state index contributed by atoms with van der Waals surface area (Å²) in [6.45, 7) is 9.69. The molecule has 6 heteroatoms. The van der Waals surface area contributed by atoms with Gasteiger partial charge in [-0.15, -0.1) is 0 Å². The van der Waals surface area contributed by atoms with Crippen LogP contribution in [0.2, 0.25) is 0 Å². The molecule has 0 atom stereocenters. The molecule has 1 aromatic carbocycles. The van der Waals surface area contributed by atoms with Gasteiger partial charge in [0, 0.05) is 38.0 Å². The standard InChI is InChI=1S/C21H30N2O4/c1-21(2,3)20(25)23-9-4-8-22(10-11-23)19(24)15-16-6-7-17-18(14-16)27-13-5-12-26-17/h6-7,14H,4-5,8-13,15H2,1-3H3. The third-order valence-electron chi connectivity index (χ3n) is 4.94. The van der Waals surface area contributed by atoms with Crippen LogP contribution in [0.3, 0.4) is 0 Å². The van der Waals surface area contributed by atoms with Crippen molar-refractivity contribution in [1.82, 2.24) is 9.80 Å². The monoisotopic (exact) mass is 374 g/mol. The number of benzene rings is 1. The Balaban J connectivity index is 1.60. The highest BCUT2D eigenvalue weighted by Gasteiger charge is 2.29. The molecule has 1 aromatic rings. The van der Waals surface area contributed by atoms with Crippen LogP contribution in [0.1, 0.15) is 39.2 Å². The topological polar surface area (TPSA) is 59.1 Å². The van der Waals surface area contributed by atoms with E-state index in [1.807, 2.05) is 48.8 Å². The van der Waals surface area contributed by atoms with Gasteiger partial charge in [0.05, 0.1) is 19.6 Å². The Hall–Kier alpha value is -2.24. The Labute approximate surface area is 161 Å². The van der Waals surface area contributed by atoms with Crippen LogP contribution in [0.15, 0.2) is 18.2 Å². The minimum atomic E-state index is -0.386. The van der Waals surface area contributed by atoms with Gasteiger partial charge in [0.1, 0.15) is 0 Å². The van der Waals surface area contributed by atoms with Crippen LogP contribution in [0.25, 0.3) is 0 Å². The molecular formula is C21H30N2O4. The number of hydrogen-bond donors (Lipinski definition) is 0. The largest absolute Gasteiger partial charge is 0.490 e. The first kappa shape index (κ1) is 19.5. The predicted octanol–water partition coefficient (Wildman–Crippen LogP) is 2.50. The maximum atomic E-state index is 12.8. The highest BCUT2D eigenvalue weighted by atomic mass is 16.5. The van der Waals surface area contributed by atoms with E-state index in [1.165, 1.54) is 0 Å². The first-order chi connectivity index (χ1) is 12.8. The quantitative estimate of drug-likeness (QED) is 0.798. The molecule has 2 heterocycles. The molecule has 27 heavy (non-hydrogen) atoms. The van der Waals surface area contributed by atoms with Crippen molar-refractivity contribution >= 4 is 11.8 Å². The van der Waals surface area contributed by atoms with Gasteiger partial charge in [0.15, 0.2) is 11.5 Å². The van der Waals surface area contributed by atoms with Crippen LogP contribution in [0.5, 0.6) is 11.5 Å². The van der Waals surface area contributed by atoms with E-state index in [0.717, 1.165) is 29.9 Å². The highest BCUT2D eigenvalue weighted by molar-refractivity contribution is 5.82. The Kier molecular flexibility index (Phi) is 5.92. The fraction of sp³-hybridized carbons (Fsp3) is 0.619. The second-order valence-corrected chi connectivity index (χ2v) is 8.28. The number of amides is 2. The molecule has 0 radical (unpaired) electrons. The second kappa shape index (κ2) is 8.19. The number of ether oxygens (including phenoxy) is 2. The number of nitrogens with zero attached hydrogens (tertiary/aromatic N) is 2. The van der Waals surface area contributed by atoms with Crippen molar-refractivity contribution in [3.8, 4) is 11.5 Å². The van der Waals surface area contributed by atoms with E-state index in [1.54, 1.807) is 0 Å². The maximum Gasteiger partial charge on any atom is 0.228 e. The number of hydrogen-bond acceptors (Lipinski definition) is 4. The van der Waals surface area contributed by atoms with E-state index in [-0.39, 0.29) is 17.2 Å². The Morgan fingerprint density at radius 1 is 0.926 bits per heavy atom. The van der Waals surface area contributed by atoms with Crippen LogP contribution >= 0.6 is 0 Å².